The molecule has 2 N–H and O–H groups in total. The number of hydrogen-bond donors (Lipinski definition) is 1. The largest absolute Gasteiger partial charge is 0.325 e. The van der Waals surface area contributed by atoms with E-state index >= 15 is 0 Å². The minimum atomic E-state index is -0.130. The van der Waals surface area contributed by atoms with Crippen molar-refractivity contribution < 1.29 is 0 Å². The number of aromatic nitrogens is 2. The van der Waals surface area contributed by atoms with E-state index in [-0.39, 0.29) is 5.54 Å². The Morgan fingerprint density at radius 3 is 2.52 bits per heavy atom. The third-order valence-electron chi connectivity index (χ3n) is 5.04. The Labute approximate surface area is 134 Å². The Hall–Kier alpha value is -0.540. The summed E-state index contributed by atoms with van der Waals surface area (Å²) in [6, 6.07) is 0. The monoisotopic (exact) mass is 311 g/mol. The molecule has 120 valence electrons. The molecular weight excluding hydrogens is 282 g/mol. The molecule has 4 heteroatoms. The molecule has 0 bridgehead atoms. The van der Waals surface area contributed by atoms with Gasteiger partial charge < -0.3 is 5.73 Å². The molecule has 1 heterocycles. The summed E-state index contributed by atoms with van der Waals surface area (Å²) in [7, 11) is 0. The molecule has 1 saturated carbocycles. The van der Waals surface area contributed by atoms with Crippen LogP contribution in [0, 0.1) is 5.41 Å². The van der Waals surface area contributed by atoms with Crippen molar-refractivity contribution in [3.8, 4) is 0 Å². The van der Waals surface area contributed by atoms with E-state index < -0.39 is 0 Å². The van der Waals surface area contributed by atoms with Crippen LogP contribution in [0.3, 0.4) is 0 Å². The molecule has 1 fully saturated rings. The summed E-state index contributed by atoms with van der Waals surface area (Å²) in [5.41, 5.74) is 9.19. The van der Waals surface area contributed by atoms with Crippen molar-refractivity contribution in [3.05, 3.63) is 16.4 Å². The average Bonchev–Trinajstić information content (AvgIpc) is 2.64. The number of nitrogens with zero attached hydrogens (tertiary/aromatic N) is 2. The first-order chi connectivity index (χ1) is 9.80. The lowest BCUT2D eigenvalue weighted by molar-refractivity contribution is 0.295. The van der Waals surface area contributed by atoms with E-state index in [1.54, 1.807) is 0 Å². The normalized spacial score (nSPS) is 25.8. The lowest BCUT2D eigenvalue weighted by Gasteiger charge is -2.29. The molecule has 0 radical (unpaired) electrons. The predicted octanol–water partition coefficient (Wildman–Crippen LogP) is 4.35. The van der Waals surface area contributed by atoms with Gasteiger partial charge in [-0.05, 0) is 44.4 Å². The summed E-state index contributed by atoms with van der Waals surface area (Å²) in [4.78, 5) is 0. The maximum atomic E-state index is 6.76. The van der Waals surface area contributed by atoms with E-state index in [2.05, 4.69) is 32.8 Å². The second kappa shape index (κ2) is 6.29. The Balaban J connectivity index is 2.22. The van der Waals surface area contributed by atoms with Gasteiger partial charge in [-0.25, -0.2) is 0 Å². The molecule has 0 saturated heterocycles. The molecule has 2 rings (SSSR count). The standard InChI is InChI=1S/C17H30ClN3/c1-5-13-15(18)14(21(6-2)20-13)12-17(19)9-7-8-16(3,4)10-11-17/h5-12,19H2,1-4H3. The first-order valence-electron chi connectivity index (χ1n) is 8.33. The second-order valence-corrected chi connectivity index (χ2v) is 7.81. The number of nitrogens with two attached hydrogens (primary N) is 1. The second-order valence-electron chi connectivity index (χ2n) is 7.43. The van der Waals surface area contributed by atoms with Crippen LogP contribution in [0.1, 0.15) is 71.2 Å². The number of hydrogen-bond acceptors (Lipinski definition) is 2. The van der Waals surface area contributed by atoms with Gasteiger partial charge in [0.25, 0.3) is 0 Å². The predicted molar refractivity (Wildman–Crippen MR) is 89.8 cm³/mol. The lowest BCUT2D eigenvalue weighted by atomic mass is 9.82. The van der Waals surface area contributed by atoms with Gasteiger partial charge in [-0.3, -0.25) is 4.68 Å². The first-order valence-corrected chi connectivity index (χ1v) is 8.71. The first kappa shape index (κ1) is 16.8. The van der Waals surface area contributed by atoms with Crippen LogP contribution >= 0.6 is 11.6 Å². The van der Waals surface area contributed by atoms with Crippen LogP contribution in [-0.4, -0.2) is 15.3 Å². The van der Waals surface area contributed by atoms with Gasteiger partial charge in [-0.1, -0.05) is 38.8 Å². The topological polar surface area (TPSA) is 43.8 Å². The van der Waals surface area contributed by atoms with Gasteiger partial charge in [0.2, 0.25) is 0 Å². The van der Waals surface area contributed by atoms with Gasteiger partial charge >= 0.3 is 0 Å². The lowest BCUT2D eigenvalue weighted by Crippen LogP contribution is -2.42. The SMILES string of the molecule is CCc1nn(CC)c(CC2(N)CCCC(C)(C)CC2)c1Cl. The molecule has 0 aromatic carbocycles. The van der Waals surface area contributed by atoms with E-state index in [1.165, 1.54) is 19.3 Å². The molecule has 1 aromatic rings. The molecule has 21 heavy (non-hydrogen) atoms. The fraction of sp³-hybridized carbons (Fsp3) is 0.824. The van der Waals surface area contributed by atoms with Crippen molar-refractivity contribution in [2.75, 3.05) is 0 Å². The van der Waals surface area contributed by atoms with Gasteiger partial charge in [0, 0.05) is 18.5 Å². The summed E-state index contributed by atoms with van der Waals surface area (Å²) in [5.74, 6) is 0. The molecule has 0 aliphatic heterocycles. The number of aryl methyl sites for hydroxylation is 2. The minimum Gasteiger partial charge on any atom is -0.325 e. The zero-order valence-corrected chi connectivity index (χ0v) is 14.8. The fourth-order valence-corrected chi connectivity index (χ4v) is 3.79. The van der Waals surface area contributed by atoms with E-state index in [4.69, 9.17) is 17.3 Å². The summed E-state index contributed by atoms with van der Waals surface area (Å²) < 4.78 is 2.05. The highest BCUT2D eigenvalue weighted by Crippen LogP contribution is 2.39. The van der Waals surface area contributed by atoms with E-state index in [0.717, 1.165) is 48.6 Å². The van der Waals surface area contributed by atoms with E-state index in [9.17, 15) is 0 Å². The summed E-state index contributed by atoms with van der Waals surface area (Å²) in [5, 5.41) is 5.46. The van der Waals surface area contributed by atoms with Gasteiger partial charge in [0.1, 0.15) is 0 Å². The number of halogens is 1. The van der Waals surface area contributed by atoms with Crippen molar-refractivity contribution in [1.82, 2.24) is 9.78 Å². The van der Waals surface area contributed by atoms with E-state index in [1.807, 2.05) is 4.68 Å². The zero-order chi connectivity index (χ0) is 15.7. The Bertz CT molecular complexity index is 492. The van der Waals surface area contributed by atoms with Crippen molar-refractivity contribution in [2.24, 2.45) is 11.1 Å². The number of rotatable bonds is 4. The highest BCUT2D eigenvalue weighted by Gasteiger charge is 2.34. The third-order valence-corrected chi connectivity index (χ3v) is 5.48. The molecule has 1 aromatic heterocycles. The van der Waals surface area contributed by atoms with Crippen LogP contribution < -0.4 is 5.73 Å². The smallest absolute Gasteiger partial charge is 0.0850 e. The summed E-state index contributed by atoms with van der Waals surface area (Å²) >= 11 is 6.55. The van der Waals surface area contributed by atoms with Crippen LogP contribution in [-0.2, 0) is 19.4 Å². The van der Waals surface area contributed by atoms with E-state index in [0.29, 0.717) is 5.41 Å². The Morgan fingerprint density at radius 2 is 1.90 bits per heavy atom. The van der Waals surface area contributed by atoms with Gasteiger partial charge in [0.05, 0.1) is 16.4 Å². The van der Waals surface area contributed by atoms with Crippen LogP contribution in [0.2, 0.25) is 5.02 Å². The van der Waals surface area contributed by atoms with Crippen molar-refractivity contribution >= 4 is 11.6 Å². The molecule has 1 aliphatic carbocycles. The van der Waals surface area contributed by atoms with Crippen LogP contribution in [0.15, 0.2) is 0 Å². The molecule has 3 nitrogen and oxygen atoms in total. The maximum absolute atomic E-state index is 6.76. The Morgan fingerprint density at radius 1 is 1.19 bits per heavy atom. The molecule has 0 spiro atoms. The van der Waals surface area contributed by atoms with Gasteiger partial charge in [-0.2, -0.15) is 5.10 Å². The van der Waals surface area contributed by atoms with Crippen molar-refractivity contribution in [3.63, 3.8) is 0 Å². The van der Waals surface area contributed by atoms with Crippen molar-refractivity contribution in [1.29, 1.82) is 0 Å². The molecule has 1 aliphatic rings. The average molecular weight is 312 g/mol. The highest BCUT2D eigenvalue weighted by molar-refractivity contribution is 6.31. The molecule has 1 atom stereocenters. The molecular formula is C17H30ClN3. The van der Waals surface area contributed by atoms with Crippen LogP contribution in [0.25, 0.3) is 0 Å². The maximum Gasteiger partial charge on any atom is 0.0850 e. The van der Waals surface area contributed by atoms with Crippen molar-refractivity contribution in [2.45, 2.75) is 84.7 Å². The van der Waals surface area contributed by atoms with Gasteiger partial charge in [0.15, 0.2) is 0 Å². The fourth-order valence-electron chi connectivity index (χ4n) is 3.45. The van der Waals surface area contributed by atoms with Crippen LogP contribution in [0.4, 0.5) is 0 Å². The zero-order valence-electron chi connectivity index (χ0n) is 14.0. The Kier molecular flexibility index (Phi) is 5.04. The minimum absolute atomic E-state index is 0.130. The quantitative estimate of drug-likeness (QED) is 0.840. The highest BCUT2D eigenvalue weighted by atomic mass is 35.5. The van der Waals surface area contributed by atoms with Crippen LogP contribution in [0.5, 0.6) is 0 Å². The third kappa shape index (κ3) is 3.81. The molecule has 0 amide bonds. The summed E-state index contributed by atoms with van der Waals surface area (Å²) in [6.45, 7) is 9.79. The summed E-state index contributed by atoms with van der Waals surface area (Å²) in [6.07, 6.45) is 7.57. The van der Waals surface area contributed by atoms with Gasteiger partial charge in [-0.15, -0.1) is 0 Å². The molecule has 1 unspecified atom stereocenters.